The summed E-state index contributed by atoms with van der Waals surface area (Å²) in [5.74, 6) is 0.525. The average molecular weight is 215 g/mol. The van der Waals surface area contributed by atoms with E-state index in [-0.39, 0.29) is 0 Å². The van der Waals surface area contributed by atoms with E-state index in [1.807, 2.05) is 0 Å². The smallest absolute Gasteiger partial charge is 0.147 e. The number of rotatable bonds is 3. The van der Waals surface area contributed by atoms with E-state index < -0.39 is 0 Å². The molecule has 15 heavy (non-hydrogen) atoms. The monoisotopic (exact) mass is 215 g/mol. The summed E-state index contributed by atoms with van der Waals surface area (Å²) in [6.07, 6.45) is 3.61. The topological polar surface area (TPSA) is 41.9 Å². The van der Waals surface area contributed by atoms with Gasteiger partial charge in [0.2, 0.25) is 0 Å². The van der Waals surface area contributed by atoms with Crippen LogP contribution in [0, 0.1) is 5.92 Å². The minimum absolute atomic E-state index is 0.349. The fraction of sp³-hybridized carbons (Fsp3) is 1.00. The number of ether oxygens (including phenoxy) is 2. The van der Waals surface area contributed by atoms with Crippen molar-refractivity contribution in [3.05, 3.63) is 0 Å². The van der Waals surface area contributed by atoms with Crippen LogP contribution in [0.3, 0.4) is 0 Å². The fourth-order valence-corrected chi connectivity index (χ4v) is 2.28. The molecule has 4 nitrogen and oxygen atoms in total. The third-order valence-corrected chi connectivity index (χ3v) is 3.40. The number of piperidine rings is 1. The van der Waals surface area contributed by atoms with E-state index in [4.69, 9.17) is 14.6 Å². The van der Waals surface area contributed by atoms with Crippen molar-refractivity contribution < 1.29 is 14.6 Å². The van der Waals surface area contributed by atoms with Crippen LogP contribution >= 0.6 is 0 Å². The van der Waals surface area contributed by atoms with Crippen LogP contribution in [0.15, 0.2) is 0 Å². The Kier molecular flexibility index (Phi) is 4.38. The van der Waals surface area contributed by atoms with Gasteiger partial charge in [0, 0.05) is 13.2 Å². The highest BCUT2D eigenvalue weighted by atomic mass is 16.7. The quantitative estimate of drug-likeness (QED) is 0.742. The first-order valence-corrected chi connectivity index (χ1v) is 5.91. The van der Waals surface area contributed by atoms with Crippen molar-refractivity contribution in [2.45, 2.75) is 25.4 Å². The van der Waals surface area contributed by atoms with Crippen molar-refractivity contribution in [2.24, 2.45) is 5.92 Å². The first kappa shape index (κ1) is 11.3. The van der Waals surface area contributed by atoms with Gasteiger partial charge in [-0.2, -0.15) is 0 Å². The molecule has 4 heteroatoms. The van der Waals surface area contributed by atoms with Crippen molar-refractivity contribution in [1.82, 2.24) is 4.90 Å². The lowest BCUT2D eigenvalue weighted by molar-refractivity contribution is -0.145. The zero-order valence-electron chi connectivity index (χ0n) is 9.23. The van der Waals surface area contributed by atoms with Gasteiger partial charge in [-0.3, -0.25) is 0 Å². The molecule has 2 rings (SSSR count). The maximum atomic E-state index is 9.04. The molecule has 2 aliphatic rings. The summed E-state index contributed by atoms with van der Waals surface area (Å²) in [5, 5.41) is 9.04. The lowest BCUT2D eigenvalue weighted by Crippen LogP contribution is -2.42. The SMILES string of the molecule is OCC1CCN(CC2CCOCO2)CC1. The fourth-order valence-electron chi connectivity index (χ4n) is 2.28. The molecule has 0 spiro atoms. The predicted molar refractivity (Wildman–Crippen MR) is 56.6 cm³/mol. The summed E-state index contributed by atoms with van der Waals surface area (Å²) in [5.41, 5.74) is 0. The molecular formula is C11H21NO3. The first-order chi connectivity index (χ1) is 7.38. The Balaban J connectivity index is 1.67. The van der Waals surface area contributed by atoms with Crippen molar-refractivity contribution in [3.63, 3.8) is 0 Å². The van der Waals surface area contributed by atoms with Crippen LogP contribution in [0.4, 0.5) is 0 Å². The molecule has 2 saturated heterocycles. The molecule has 0 saturated carbocycles. The van der Waals surface area contributed by atoms with Gasteiger partial charge in [-0.15, -0.1) is 0 Å². The maximum absolute atomic E-state index is 9.04. The van der Waals surface area contributed by atoms with E-state index in [9.17, 15) is 0 Å². The molecule has 1 unspecified atom stereocenters. The van der Waals surface area contributed by atoms with E-state index in [2.05, 4.69) is 4.90 Å². The molecule has 0 bridgehead atoms. The van der Waals surface area contributed by atoms with Gasteiger partial charge in [-0.25, -0.2) is 0 Å². The van der Waals surface area contributed by atoms with Crippen LogP contribution in [0.25, 0.3) is 0 Å². The number of aliphatic hydroxyl groups excluding tert-OH is 1. The van der Waals surface area contributed by atoms with Gasteiger partial charge < -0.3 is 19.5 Å². The summed E-state index contributed by atoms with van der Waals surface area (Å²) in [4.78, 5) is 2.45. The van der Waals surface area contributed by atoms with Crippen LogP contribution in [-0.4, -0.2) is 55.8 Å². The van der Waals surface area contributed by atoms with E-state index in [1.165, 1.54) is 0 Å². The van der Waals surface area contributed by atoms with Crippen LogP contribution in [0.5, 0.6) is 0 Å². The lowest BCUT2D eigenvalue weighted by atomic mass is 9.97. The summed E-state index contributed by atoms with van der Waals surface area (Å²) in [6.45, 7) is 4.87. The minimum Gasteiger partial charge on any atom is -0.396 e. The van der Waals surface area contributed by atoms with Crippen molar-refractivity contribution in [2.75, 3.05) is 39.6 Å². The highest BCUT2D eigenvalue weighted by Gasteiger charge is 2.22. The molecule has 0 amide bonds. The second-order valence-electron chi connectivity index (χ2n) is 4.53. The number of aliphatic hydroxyl groups is 1. The van der Waals surface area contributed by atoms with Gasteiger partial charge in [-0.1, -0.05) is 0 Å². The Morgan fingerprint density at radius 2 is 2.00 bits per heavy atom. The Morgan fingerprint density at radius 3 is 2.60 bits per heavy atom. The minimum atomic E-state index is 0.349. The largest absolute Gasteiger partial charge is 0.396 e. The van der Waals surface area contributed by atoms with Gasteiger partial charge in [0.25, 0.3) is 0 Å². The molecule has 2 heterocycles. The zero-order valence-corrected chi connectivity index (χ0v) is 9.23. The molecule has 0 aromatic carbocycles. The Morgan fingerprint density at radius 1 is 1.20 bits per heavy atom. The molecule has 0 radical (unpaired) electrons. The van der Waals surface area contributed by atoms with Gasteiger partial charge in [0.1, 0.15) is 6.79 Å². The van der Waals surface area contributed by atoms with Crippen LogP contribution in [0.2, 0.25) is 0 Å². The highest BCUT2D eigenvalue weighted by Crippen LogP contribution is 2.18. The Labute approximate surface area is 91.2 Å². The standard InChI is InChI=1S/C11H21NO3/c13-8-10-1-4-12(5-2-10)7-11-3-6-14-9-15-11/h10-11,13H,1-9H2. The van der Waals surface area contributed by atoms with E-state index in [0.717, 1.165) is 45.5 Å². The molecule has 0 aromatic heterocycles. The summed E-state index contributed by atoms with van der Waals surface area (Å²) >= 11 is 0. The van der Waals surface area contributed by atoms with E-state index in [0.29, 0.717) is 25.4 Å². The third-order valence-electron chi connectivity index (χ3n) is 3.40. The number of hydrogen-bond donors (Lipinski definition) is 1. The molecule has 88 valence electrons. The van der Waals surface area contributed by atoms with Gasteiger partial charge in [0.05, 0.1) is 12.7 Å². The third kappa shape index (κ3) is 3.41. The van der Waals surface area contributed by atoms with Crippen molar-refractivity contribution in [3.8, 4) is 0 Å². The highest BCUT2D eigenvalue weighted by molar-refractivity contribution is 4.75. The lowest BCUT2D eigenvalue weighted by Gasteiger charge is -2.34. The van der Waals surface area contributed by atoms with Gasteiger partial charge in [-0.05, 0) is 38.3 Å². The number of likely N-dealkylation sites (tertiary alicyclic amines) is 1. The Hall–Kier alpha value is -0.160. The molecule has 1 N–H and O–H groups in total. The van der Waals surface area contributed by atoms with Gasteiger partial charge >= 0.3 is 0 Å². The maximum Gasteiger partial charge on any atom is 0.147 e. The summed E-state index contributed by atoms with van der Waals surface area (Å²) < 4.78 is 10.7. The van der Waals surface area contributed by atoms with Crippen molar-refractivity contribution >= 4 is 0 Å². The van der Waals surface area contributed by atoms with Crippen LogP contribution in [0.1, 0.15) is 19.3 Å². The Bertz CT molecular complexity index is 175. The molecule has 1 atom stereocenters. The summed E-state index contributed by atoms with van der Waals surface area (Å²) in [7, 11) is 0. The molecule has 2 aliphatic heterocycles. The molecule has 0 aromatic rings. The first-order valence-electron chi connectivity index (χ1n) is 5.91. The second-order valence-corrected chi connectivity index (χ2v) is 4.53. The molecule has 2 fully saturated rings. The number of nitrogens with zero attached hydrogens (tertiary/aromatic N) is 1. The predicted octanol–water partition coefficient (Wildman–Crippen LogP) is 0.454. The van der Waals surface area contributed by atoms with Crippen LogP contribution in [-0.2, 0) is 9.47 Å². The van der Waals surface area contributed by atoms with Gasteiger partial charge in [0.15, 0.2) is 0 Å². The zero-order chi connectivity index (χ0) is 10.5. The molecule has 0 aliphatic carbocycles. The number of hydrogen-bond acceptors (Lipinski definition) is 4. The average Bonchev–Trinajstić information content (AvgIpc) is 2.31. The second kappa shape index (κ2) is 5.80. The van der Waals surface area contributed by atoms with E-state index in [1.54, 1.807) is 0 Å². The van der Waals surface area contributed by atoms with Crippen molar-refractivity contribution in [1.29, 1.82) is 0 Å². The van der Waals surface area contributed by atoms with E-state index >= 15 is 0 Å². The van der Waals surface area contributed by atoms with Crippen LogP contribution < -0.4 is 0 Å². The normalized spacial score (nSPS) is 30.6. The summed E-state index contributed by atoms with van der Waals surface area (Å²) in [6, 6.07) is 0. The molecular weight excluding hydrogens is 194 g/mol.